The van der Waals surface area contributed by atoms with Gasteiger partial charge in [-0.05, 0) is 137 Å². The van der Waals surface area contributed by atoms with E-state index in [1.165, 1.54) is 110 Å². The summed E-state index contributed by atoms with van der Waals surface area (Å²) in [5.41, 5.74) is 20.9. The first-order chi connectivity index (χ1) is 30.3. The standard InChI is InChI=1S/C58H47N3S/c1-57(2)43-17-7-5-16-37(43)33-38-28-27-36-15-6-9-21-47(36)59(51-25-13-19-45(57)55(38)51)39-29-31-53-41(34-39)42-35-40(30-32-54(42)62-53)60-49-23-11-12-24-50(49)61-48-22-10-8-18-44(48)58(3,4)46-20-14-26-52(60)56(46)61/h5-26,29-32,34-35,38H,27-28,33H2,1-4H3. The van der Waals surface area contributed by atoms with E-state index in [1.54, 1.807) is 0 Å². The van der Waals surface area contributed by atoms with Crippen molar-refractivity contribution in [1.82, 2.24) is 0 Å². The van der Waals surface area contributed by atoms with E-state index >= 15 is 0 Å². The molecule has 1 atom stereocenters. The highest BCUT2D eigenvalue weighted by Gasteiger charge is 2.43. The summed E-state index contributed by atoms with van der Waals surface area (Å²) in [5.74, 6) is 0.416. The summed E-state index contributed by atoms with van der Waals surface area (Å²) in [7, 11) is 0. The predicted octanol–water partition coefficient (Wildman–Crippen LogP) is 16.3. The Morgan fingerprint density at radius 1 is 0.435 bits per heavy atom. The molecule has 9 aromatic rings. The van der Waals surface area contributed by atoms with E-state index in [1.807, 2.05) is 11.3 Å². The average molecular weight is 818 g/mol. The molecule has 8 aromatic carbocycles. The van der Waals surface area contributed by atoms with Gasteiger partial charge in [-0.25, -0.2) is 0 Å². The molecular weight excluding hydrogens is 771 g/mol. The summed E-state index contributed by atoms with van der Waals surface area (Å²) >= 11 is 1.90. The highest BCUT2D eigenvalue weighted by atomic mass is 32.1. The first-order valence-corrected chi connectivity index (χ1v) is 23.1. The highest BCUT2D eigenvalue weighted by Crippen LogP contribution is 2.62. The maximum atomic E-state index is 2.60. The van der Waals surface area contributed by atoms with Crippen LogP contribution in [0.4, 0.5) is 51.2 Å². The Labute approximate surface area is 368 Å². The minimum atomic E-state index is -0.151. The second kappa shape index (κ2) is 13.0. The van der Waals surface area contributed by atoms with Crippen molar-refractivity contribution in [2.24, 2.45) is 0 Å². The molecule has 0 saturated heterocycles. The maximum Gasteiger partial charge on any atom is 0.0744 e. The fraction of sp³-hybridized carbons (Fsp3) is 0.172. The van der Waals surface area contributed by atoms with Crippen LogP contribution in [0.2, 0.25) is 0 Å². The molecule has 0 radical (unpaired) electrons. The van der Waals surface area contributed by atoms with Gasteiger partial charge >= 0.3 is 0 Å². The van der Waals surface area contributed by atoms with Crippen molar-refractivity contribution in [3.63, 3.8) is 0 Å². The topological polar surface area (TPSA) is 9.72 Å². The second-order valence-electron chi connectivity index (χ2n) is 18.9. The van der Waals surface area contributed by atoms with Gasteiger partial charge in [-0.1, -0.05) is 125 Å². The number of hydrogen-bond acceptors (Lipinski definition) is 4. The van der Waals surface area contributed by atoms with Crippen LogP contribution in [0.5, 0.6) is 0 Å². The zero-order chi connectivity index (χ0) is 41.5. The molecule has 0 saturated carbocycles. The van der Waals surface area contributed by atoms with Crippen molar-refractivity contribution in [3.8, 4) is 0 Å². The monoisotopic (exact) mass is 817 g/mol. The molecular formula is C58H47N3S. The molecule has 4 heterocycles. The van der Waals surface area contributed by atoms with E-state index < -0.39 is 0 Å². The summed E-state index contributed by atoms with van der Waals surface area (Å²) in [5, 5.41) is 2.59. The van der Waals surface area contributed by atoms with E-state index in [0.717, 1.165) is 19.3 Å². The summed E-state index contributed by atoms with van der Waals surface area (Å²) in [6.45, 7) is 9.63. The van der Waals surface area contributed by atoms with Crippen LogP contribution < -0.4 is 14.7 Å². The molecule has 1 aromatic heterocycles. The summed E-state index contributed by atoms with van der Waals surface area (Å²) in [6, 6.07) is 64.6. The van der Waals surface area contributed by atoms with Crippen molar-refractivity contribution in [3.05, 3.63) is 209 Å². The lowest BCUT2D eigenvalue weighted by Gasteiger charge is -2.48. The predicted molar refractivity (Wildman–Crippen MR) is 262 cm³/mol. The number of fused-ring (bicyclic) bond motifs is 9. The molecule has 0 bridgehead atoms. The summed E-state index contributed by atoms with van der Waals surface area (Å²) < 4.78 is 2.61. The van der Waals surface area contributed by atoms with Crippen LogP contribution in [0, 0.1) is 0 Å². The fourth-order valence-corrected chi connectivity index (χ4v) is 13.0. The van der Waals surface area contributed by atoms with Gasteiger partial charge in [0, 0.05) is 53.8 Å². The molecule has 1 unspecified atom stereocenters. The third-order valence-corrected chi connectivity index (χ3v) is 16.0. The first-order valence-electron chi connectivity index (χ1n) is 22.3. The highest BCUT2D eigenvalue weighted by molar-refractivity contribution is 7.25. The number of benzene rings is 8. The fourth-order valence-electron chi connectivity index (χ4n) is 11.9. The molecule has 1 aliphatic carbocycles. The Balaban J connectivity index is 1.00. The third kappa shape index (κ3) is 4.93. The van der Waals surface area contributed by atoms with Crippen molar-refractivity contribution in [2.45, 2.75) is 63.7 Å². The van der Waals surface area contributed by atoms with Gasteiger partial charge in [-0.3, -0.25) is 0 Å². The number of anilines is 9. The van der Waals surface area contributed by atoms with Gasteiger partial charge < -0.3 is 14.7 Å². The largest absolute Gasteiger partial charge is 0.310 e. The minimum Gasteiger partial charge on any atom is -0.310 e. The number of rotatable bonds is 2. The lowest BCUT2D eigenvalue weighted by atomic mass is 9.72. The van der Waals surface area contributed by atoms with Gasteiger partial charge in [0.2, 0.25) is 0 Å². The molecule has 62 heavy (non-hydrogen) atoms. The van der Waals surface area contributed by atoms with Crippen molar-refractivity contribution >= 4 is 82.7 Å². The molecule has 4 aliphatic rings. The maximum absolute atomic E-state index is 2.60. The molecule has 0 N–H and O–H groups in total. The molecule has 3 aliphatic heterocycles. The molecule has 3 nitrogen and oxygen atoms in total. The van der Waals surface area contributed by atoms with Gasteiger partial charge in [0.15, 0.2) is 0 Å². The minimum absolute atomic E-state index is 0.119. The van der Waals surface area contributed by atoms with Crippen LogP contribution in [-0.2, 0) is 23.7 Å². The number of para-hydroxylation sites is 5. The SMILES string of the molecule is CC1(C)c2ccccc2CC2CCc3ccccc3N(c3ccc4sc5ccc(N6c7ccccc7N7c8ccccc8C(C)(C)c8cccc6c87)cc5c4c3)c3cccc1c32. The van der Waals surface area contributed by atoms with Crippen molar-refractivity contribution < 1.29 is 0 Å². The van der Waals surface area contributed by atoms with Crippen LogP contribution in [0.3, 0.4) is 0 Å². The Morgan fingerprint density at radius 3 is 1.68 bits per heavy atom. The van der Waals surface area contributed by atoms with Crippen molar-refractivity contribution in [2.75, 3.05) is 14.7 Å². The molecule has 0 spiro atoms. The van der Waals surface area contributed by atoms with E-state index in [2.05, 4.69) is 212 Å². The third-order valence-electron chi connectivity index (χ3n) is 14.8. The zero-order valence-electron chi connectivity index (χ0n) is 35.6. The molecule has 4 heteroatoms. The van der Waals surface area contributed by atoms with E-state index in [-0.39, 0.29) is 10.8 Å². The average Bonchev–Trinajstić information content (AvgIpc) is 3.62. The van der Waals surface area contributed by atoms with Gasteiger partial charge in [-0.2, -0.15) is 0 Å². The van der Waals surface area contributed by atoms with Gasteiger partial charge in [0.25, 0.3) is 0 Å². The molecule has 300 valence electrons. The lowest BCUT2D eigenvalue weighted by Crippen LogP contribution is -2.34. The Kier molecular flexibility index (Phi) is 7.54. The van der Waals surface area contributed by atoms with E-state index in [0.29, 0.717) is 5.92 Å². The van der Waals surface area contributed by atoms with Crippen LogP contribution in [0.1, 0.15) is 79.0 Å². The number of aryl methyl sites for hydroxylation is 1. The lowest BCUT2D eigenvalue weighted by molar-refractivity contribution is 0.609. The van der Waals surface area contributed by atoms with Crippen LogP contribution in [0.25, 0.3) is 20.2 Å². The molecule has 0 fully saturated rings. The summed E-state index contributed by atoms with van der Waals surface area (Å²) in [6.07, 6.45) is 3.23. The quantitative estimate of drug-likeness (QED) is 0.172. The normalized spacial score (nSPS) is 17.5. The van der Waals surface area contributed by atoms with E-state index in [4.69, 9.17) is 0 Å². The van der Waals surface area contributed by atoms with Crippen LogP contribution >= 0.6 is 11.3 Å². The molecule has 13 rings (SSSR count). The Hall–Kier alpha value is -6.62. The van der Waals surface area contributed by atoms with Gasteiger partial charge in [-0.15, -0.1) is 11.3 Å². The van der Waals surface area contributed by atoms with Crippen molar-refractivity contribution in [1.29, 1.82) is 0 Å². The van der Waals surface area contributed by atoms with Crippen LogP contribution in [-0.4, -0.2) is 0 Å². The summed E-state index contributed by atoms with van der Waals surface area (Å²) in [4.78, 5) is 7.62. The zero-order valence-corrected chi connectivity index (χ0v) is 36.4. The first kappa shape index (κ1) is 36.1. The van der Waals surface area contributed by atoms with Gasteiger partial charge in [0.05, 0.1) is 28.4 Å². The Bertz CT molecular complexity index is 3330. The van der Waals surface area contributed by atoms with Crippen LogP contribution in [0.15, 0.2) is 170 Å². The Morgan fingerprint density at radius 2 is 0.952 bits per heavy atom. The second-order valence-corrected chi connectivity index (χ2v) is 19.9. The number of thiophene rings is 1. The van der Waals surface area contributed by atoms with E-state index in [9.17, 15) is 0 Å². The number of nitrogens with zero attached hydrogens (tertiary/aromatic N) is 3. The number of hydrogen-bond donors (Lipinski definition) is 0. The molecule has 0 amide bonds. The van der Waals surface area contributed by atoms with Gasteiger partial charge in [0.1, 0.15) is 0 Å². The smallest absolute Gasteiger partial charge is 0.0744 e.